The van der Waals surface area contributed by atoms with E-state index in [0.717, 1.165) is 24.3 Å². The molecule has 0 saturated heterocycles. The molecule has 0 aliphatic carbocycles. The van der Waals surface area contributed by atoms with E-state index >= 15 is 0 Å². The van der Waals surface area contributed by atoms with Crippen LogP contribution < -0.4 is 10.2 Å². The van der Waals surface area contributed by atoms with Gasteiger partial charge < -0.3 is 5.32 Å². The van der Waals surface area contributed by atoms with Crippen LogP contribution in [-0.4, -0.2) is 11.8 Å². The van der Waals surface area contributed by atoms with Crippen LogP contribution in [0.1, 0.15) is 4.88 Å². The highest BCUT2D eigenvalue weighted by molar-refractivity contribution is 7.11. The average Bonchev–Trinajstić information content (AvgIpc) is 3.25. The van der Waals surface area contributed by atoms with Crippen molar-refractivity contribution in [2.24, 2.45) is 0 Å². The standard InChI is InChI=1S/C20H11F3N2O2S/c21-11-3-1-4-13(9-11)24-18-17(16-5-2-8-28-16)19(26)25(20(18)27)15-10-12(22)6-7-14(15)23/h1-10,24H. The van der Waals surface area contributed by atoms with Crippen LogP contribution in [0.3, 0.4) is 0 Å². The Morgan fingerprint density at radius 3 is 2.36 bits per heavy atom. The molecule has 3 aromatic rings. The first kappa shape index (κ1) is 18.0. The molecular formula is C20H11F3N2O2S. The topological polar surface area (TPSA) is 49.4 Å². The predicted octanol–water partition coefficient (Wildman–Crippen LogP) is 4.56. The van der Waals surface area contributed by atoms with Crippen molar-refractivity contribution in [2.75, 3.05) is 10.2 Å². The van der Waals surface area contributed by atoms with Gasteiger partial charge in [-0.3, -0.25) is 9.59 Å². The molecule has 1 aliphatic rings. The number of nitrogens with one attached hydrogen (secondary N) is 1. The maximum Gasteiger partial charge on any atom is 0.282 e. The second-order valence-corrected chi connectivity index (χ2v) is 6.85. The quantitative estimate of drug-likeness (QED) is 0.653. The van der Waals surface area contributed by atoms with Gasteiger partial charge in [-0.2, -0.15) is 0 Å². The van der Waals surface area contributed by atoms with Gasteiger partial charge in [0.1, 0.15) is 23.1 Å². The summed E-state index contributed by atoms with van der Waals surface area (Å²) in [5.74, 6) is -3.90. The van der Waals surface area contributed by atoms with E-state index in [0.29, 0.717) is 9.78 Å². The molecule has 2 amide bonds. The molecule has 0 bridgehead atoms. The van der Waals surface area contributed by atoms with Crippen LogP contribution in [0.5, 0.6) is 0 Å². The summed E-state index contributed by atoms with van der Waals surface area (Å²) in [5, 5.41) is 4.47. The lowest BCUT2D eigenvalue weighted by atomic mass is 10.2. The summed E-state index contributed by atoms with van der Waals surface area (Å²) in [6.07, 6.45) is 0. The molecule has 2 aromatic carbocycles. The molecule has 4 rings (SSSR count). The zero-order chi connectivity index (χ0) is 19.8. The minimum atomic E-state index is -0.916. The number of nitrogens with zero attached hydrogens (tertiary/aromatic N) is 1. The third-order valence-corrected chi connectivity index (χ3v) is 4.98. The first-order valence-corrected chi connectivity index (χ1v) is 8.98. The van der Waals surface area contributed by atoms with Gasteiger partial charge in [0.25, 0.3) is 11.8 Å². The normalized spacial score (nSPS) is 14.2. The summed E-state index contributed by atoms with van der Waals surface area (Å²) in [7, 11) is 0. The van der Waals surface area contributed by atoms with Crippen molar-refractivity contribution in [3.8, 4) is 0 Å². The van der Waals surface area contributed by atoms with Crippen molar-refractivity contribution >= 4 is 40.1 Å². The van der Waals surface area contributed by atoms with E-state index in [1.54, 1.807) is 17.5 Å². The molecule has 0 unspecified atom stereocenters. The highest BCUT2D eigenvalue weighted by atomic mass is 32.1. The Labute approximate surface area is 161 Å². The van der Waals surface area contributed by atoms with Crippen molar-refractivity contribution < 1.29 is 22.8 Å². The Morgan fingerprint density at radius 2 is 1.64 bits per heavy atom. The number of carbonyl (C=O) groups excluding carboxylic acids is 2. The lowest BCUT2D eigenvalue weighted by Crippen LogP contribution is -2.33. The van der Waals surface area contributed by atoms with Crippen LogP contribution >= 0.6 is 11.3 Å². The van der Waals surface area contributed by atoms with Crippen molar-refractivity contribution in [2.45, 2.75) is 0 Å². The third-order valence-electron chi connectivity index (χ3n) is 4.09. The van der Waals surface area contributed by atoms with Crippen molar-refractivity contribution in [3.63, 3.8) is 0 Å². The number of hydrogen-bond acceptors (Lipinski definition) is 4. The van der Waals surface area contributed by atoms with E-state index in [-0.39, 0.29) is 17.0 Å². The first-order valence-electron chi connectivity index (χ1n) is 8.10. The van der Waals surface area contributed by atoms with E-state index in [1.807, 2.05) is 0 Å². The fourth-order valence-electron chi connectivity index (χ4n) is 2.88. The van der Waals surface area contributed by atoms with Crippen molar-refractivity contribution in [3.05, 3.63) is 88.0 Å². The summed E-state index contributed by atoms with van der Waals surface area (Å²) in [6.45, 7) is 0. The van der Waals surface area contributed by atoms with Crippen LogP contribution in [-0.2, 0) is 9.59 Å². The molecule has 28 heavy (non-hydrogen) atoms. The fourth-order valence-corrected chi connectivity index (χ4v) is 3.65. The molecule has 1 N–H and O–H groups in total. The fraction of sp³-hybridized carbons (Fsp3) is 0. The Hall–Kier alpha value is -3.39. The molecule has 0 saturated carbocycles. The van der Waals surface area contributed by atoms with Crippen LogP contribution in [0.25, 0.3) is 5.57 Å². The van der Waals surface area contributed by atoms with Crippen LogP contribution in [0.4, 0.5) is 24.5 Å². The largest absolute Gasteiger partial charge is 0.350 e. The number of carbonyl (C=O) groups is 2. The van der Waals surface area contributed by atoms with Gasteiger partial charge in [0.05, 0.1) is 11.3 Å². The van der Waals surface area contributed by atoms with E-state index in [9.17, 15) is 22.8 Å². The molecule has 140 valence electrons. The average molecular weight is 400 g/mol. The number of anilines is 2. The van der Waals surface area contributed by atoms with Crippen LogP contribution in [0.2, 0.25) is 0 Å². The Balaban J connectivity index is 1.83. The zero-order valence-electron chi connectivity index (χ0n) is 14.1. The number of imide groups is 1. The molecule has 4 nitrogen and oxygen atoms in total. The Morgan fingerprint density at radius 1 is 0.857 bits per heavy atom. The molecule has 0 atom stereocenters. The van der Waals surface area contributed by atoms with Gasteiger partial charge in [0, 0.05) is 16.6 Å². The predicted molar refractivity (Wildman–Crippen MR) is 100 cm³/mol. The Kier molecular flexibility index (Phi) is 4.48. The van der Waals surface area contributed by atoms with Crippen molar-refractivity contribution in [1.29, 1.82) is 0 Å². The van der Waals surface area contributed by atoms with E-state index < -0.39 is 35.0 Å². The number of amides is 2. The number of benzene rings is 2. The lowest BCUT2D eigenvalue weighted by molar-refractivity contribution is -0.120. The second-order valence-electron chi connectivity index (χ2n) is 5.90. The van der Waals surface area contributed by atoms with Gasteiger partial charge >= 0.3 is 0 Å². The molecule has 1 aliphatic heterocycles. The number of halogens is 3. The summed E-state index contributed by atoms with van der Waals surface area (Å²) in [6, 6.07) is 11.2. The Bertz CT molecular complexity index is 1130. The van der Waals surface area contributed by atoms with Gasteiger partial charge in [-0.15, -0.1) is 11.3 Å². The maximum atomic E-state index is 14.2. The summed E-state index contributed by atoms with van der Waals surface area (Å²) in [5.41, 5.74) is -0.374. The SMILES string of the molecule is O=C1C(Nc2cccc(F)c2)=C(c2cccs2)C(=O)N1c1cc(F)ccc1F. The summed E-state index contributed by atoms with van der Waals surface area (Å²) >= 11 is 1.21. The van der Waals surface area contributed by atoms with Gasteiger partial charge in [-0.25, -0.2) is 18.1 Å². The molecule has 0 fully saturated rings. The maximum absolute atomic E-state index is 14.2. The monoisotopic (exact) mass is 400 g/mol. The lowest BCUT2D eigenvalue weighted by Gasteiger charge is -2.16. The zero-order valence-corrected chi connectivity index (χ0v) is 14.9. The number of thiophene rings is 1. The van der Waals surface area contributed by atoms with Gasteiger partial charge in [0.15, 0.2) is 0 Å². The molecule has 2 heterocycles. The number of rotatable bonds is 4. The smallest absolute Gasteiger partial charge is 0.282 e. The van der Waals surface area contributed by atoms with E-state index in [4.69, 9.17) is 0 Å². The first-order chi connectivity index (χ1) is 13.5. The molecule has 8 heteroatoms. The molecule has 0 spiro atoms. The van der Waals surface area contributed by atoms with Crippen LogP contribution in [0.15, 0.2) is 65.7 Å². The second kappa shape index (κ2) is 6.97. The van der Waals surface area contributed by atoms with Gasteiger partial charge in [-0.1, -0.05) is 12.1 Å². The summed E-state index contributed by atoms with van der Waals surface area (Å²) < 4.78 is 41.4. The highest BCUT2D eigenvalue weighted by Gasteiger charge is 2.41. The minimum Gasteiger partial charge on any atom is -0.350 e. The van der Waals surface area contributed by atoms with Gasteiger partial charge in [0.2, 0.25) is 0 Å². The van der Waals surface area contributed by atoms with Crippen molar-refractivity contribution in [1.82, 2.24) is 0 Å². The molecular weight excluding hydrogens is 389 g/mol. The van der Waals surface area contributed by atoms with Gasteiger partial charge in [-0.05, 0) is 41.8 Å². The number of hydrogen-bond donors (Lipinski definition) is 1. The highest BCUT2D eigenvalue weighted by Crippen LogP contribution is 2.36. The molecule has 0 radical (unpaired) electrons. The van der Waals surface area contributed by atoms with Crippen LogP contribution in [0, 0.1) is 17.5 Å². The van der Waals surface area contributed by atoms with E-state index in [1.165, 1.54) is 29.5 Å². The third kappa shape index (κ3) is 3.07. The molecule has 1 aromatic heterocycles. The minimum absolute atomic E-state index is 0.00734. The van der Waals surface area contributed by atoms with E-state index in [2.05, 4.69) is 5.32 Å². The summed E-state index contributed by atoms with van der Waals surface area (Å²) in [4.78, 5) is 27.0.